The van der Waals surface area contributed by atoms with Gasteiger partial charge in [0.15, 0.2) is 11.5 Å². The first-order valence-corrected chi connectivity index (χ1v) is 10.3. The van der Waals surface area contributed by atoms with Crippen LogP contribution in [0.4, 0.5) is 0 Å². The van der Waals surface area contributed by atoms with E-state index < -0.39 is 20.8 Å². The van der Waals surface area contributed by atoms with E-state index in [1.54, 1.807) is 36.4 Å². The van der Waals surface area contributed by atoms with Crippen LogP contribution in [0.3, 0.4) is 0 Å². The van der Waals surface area contributed by atoms with Crippen molar-refractivity contribution in [1.82, 2.24) is 9.97 Å². The largest absolute Gasteiger partial charge is 1.00 e. The smallest absolute Gasteiger partial charge is 0.716 e. The number of rotatable bonds is 5. The Balaban J connectivity index is 0.00000160. The molecule has 0 aliphatic heterocycles. The molecule has 0 radical (unpaired) electrons. The summed E-state index contributed by atoms with van der Waals surface area (Å²) < 4.78 is 76.6. The Morgan fingerprint density at radius 3 is 1.30 bits per heavy atom. The summed E-state index contributed by atoms with van der Waals surface area (Å²) in [5, 5.41) is 0.512. The van der Waals surface area contributed by atoms with E-state index in [0.717, 1.165) is 0 Å². The molecule has 146 valence electrons. The normalized spacial score (nSPS) is 11.7. The van der Waals surface area contributed by atoms with Crippen molar-refractivity contribution >= 4 is 42.6 Å². The Kier molecular flexibility index (Phi) is 7.73. The zero-order valence-electron chi connectivity index (χ0n) is 15.7. The number of aromatic nitrogens is 2. The minimum atomic E-state index is -5.15. The van der Waals surface area contributed by atoms with Crippen LogP contribution in [0.5, 0.6) is 11.5 Å². The van der Waals surface area contributed by atoms with Crippen molar-refractivity contribution in [2.45, 2.75) is 0 Å². The molecule has 0 saturated carbocycles. The van der Waals surface area contributed by atoms with Crippen molar-refractivity contribution in [2.75, 3.05) is 0 Å². The average molecular weight is 468 g/mol. The minimum Gasteiger partial charge on any atom is -0.716 e. The summed E-state index contributed by atoms with van der Waals surface area (Å²) in [5.74, 6) is -0.712. The topological polar surface area (TPSA) is 164 Å². The van der Waals surface area contributed by atoms with E-state index in [0.29, 0.717) is 11.0 Å². The van der Waals surface area contributed by atoms with Gasteiger partial charge in [0.1, 0.15) is 11.4 Å². The third kappa shape index (κ3) is 5.22. The summed E-state index contributed by atoms with van der Waals surface area (Å²) in [6.45, 7) is 0. The molecule has 0 bridgehead atoms. The Hall–Kier alpha value is -1.06. The van der Waals surface area contributed by atoms with Crippen LogP contribution in [0.2, 0.25) is 0 Å². The van der Waals surface area contributed by atoms with Gasteiger partial charge in [0.2, 0.25) is 0 Å². The van der Waals surface area contributed by atoms with Crippen LogP contribution in [0, 0.1) is 0 Å². The number of fused-ring (bicyclic) bond motifs is 2. The summed E-state index contributed by atoms with van der Waals surface area (Å²) in [4.78, 5) is 5.71. The number of H-pyrrole nitrogens is 2. The summed E-state index contributed by atoms with van der Waals surface area (Å²) in [5.41, 5.74) is 0.669. The number of hydrogen-bond donors (Lipinski definition) is 2. The first-order chi connectivity index (χ1) is 13.1. The molecule has 0 aliphatic carbocycles. The molecule has 30 heavy (non-hydrogen) atoms. The molecule has 2 aromatic carbocycles. The predicted octanol–water partition coefficient (Wildman–Crippen LogP) is -4.00. The first kappa shape index (κ1) is 25.2. The monoisotopic (exact) mass is 468 g/mol. The molecule has 0 amide bonds. The summed E-state index contributed by atoms with van der Waals surface area (Å²) in [6, 6.07) is 12.7. The molecule has 0 fully saturated rings. The van der Waals surface area contributed by atoms with E-state index in [1.165, 1.54) is 12.1 Å². The maximum atomic E-state index is 11.2. The van der Waals surface area contributed by atoms with Gasteiger partial charge in [-0.25, -0.2) is 16.8 Å². The molecular weight excluding hydrogens is 458 g/mol. The second kappa shape index (κ2) is 9.20. The molecule has 0 aliphatic rings. The zero-order chi connectivity index (χ0) is 20.1. The summed E-state index contributed by atoms with van der Waals surface area (Å²) in [6.07, 6.45) is 0. The Labute approximate surface area is 215 Å². The fourth-order valence-corrected chi connectivity index (χ4v) is 3.72. The van der Waals surface area contributed by atoms with Gasteiger partial charge in [0.25, 0.3) is 20.8 Å². The van der Waals surface area contributed by atoms with Crippen LogP contribution >= 0.6 is 0 Å². The van der Waals surface area contributed by atoms with Crippen molar-refractivity contribution in [3.8, 4) is 22.9 Å². The molecule has 14 heteroatoms. The van der Waals surface area contributed by atoms with Gasteiger partial charge >= 0.3 is 59.1 Å². The maximum absolute atomic E-state index is 11.2. The van der Waals surface area contributed by atoms with Crippen molar-refractivity contribution in [2.24, 2.45) is 0 Å². The Morgan fingerprint density at radius 1 is 0.633 bits per heavy atom. The molecule has 0 spiro atoms. The van der Waals surface area contributed by atoms with Gasteiger partial charge in [-0.05, 0) is 24.3 Å². The fraction of sp³-hybridized carbons (Fsp3) is 0. The molecule has 2 heterocycles. The summed E-state index contributed by atoms with van der Waals surface area (Å²) in [7, 11) is -10.3. The van der Waals surface area contributed by atoms with E-state index in [9.17, 15) is 25.9 Å². The van der Waals surface area contributed by atoms with Gasteiger partial charge in [-0.3, -0.25) is 0 Å². The third-order valence-corrected chi connectivity index (χ3v) is 4.68. The minimum absolute atomic E-state index is 0. The fourth-order valence-electron chi connectivity index (χ4n) is 2.96. The van der Waals surface area contributed by atoms with Gasteiger partial charge in [0, 0.05) is 21.8 Å². The molecule has 2 aromatic heterocycles. The van der Waals surface area contributed by atoms with Gasteiger partial charge < -0.3 is 27.4 Å². The van der Waals surface area contributed by atoms with Crippen molar-refractivity contribution in [1.29, 1.82) is 0 Å². The van der Waals surface area contributed by atoms with Crippen LogP contribution in [-0.2, 0) is 20.8 Å². The van der Waals surface area contributed by atoms with Crippen LogP contribution in [0.25, 0.3) is 33.2 Å². The second-order valence-corrected chi connectivity index (χ2v) is 7.70. The Morgan fingerprint density at radius 2 is 0.967 bits per heavy atom. The average Bonchev–Trinajstić information content (AvgIpc) is 3.11. The SMILES string of the molecule is O=S(=O)([O-])Oc1c(-c2[nH]c3ccccc3c2OS(=O)(=O)[O-])[nH]c2ccccc12.[Na+].[Na+]. The molecule has 0 atom stereocenters. The van der Waals surface area contributed by atoms with E-state index in [-0.39, 0.29) is 92.8 Å². The van der Waals surface area contributed by atoms with E-state index >= 15 is 0 Å². The standard InChI is InChI=1S/C16H12N2O8S2.2Na/c19-27(20,21)25-15-9-5-1-3-7-11(9)17-13(15)14-16(26-28(22,23)24)10-6-2-4-8-12(10)18-14;;/h1-8,17-18H,(H,19,20,21)(H,22,23,24);;/q;2*+1/p-2. The van der Waals surface area contributed by atoms with Crippen LogP contribution in [0.15, 0.2) is 48.5 Å². The quantitative estimate of drug-likeness (QED) is 0.170. The van der Waals surface area contributed by atoms with E-state index in [2.05, 4.69) is 18.3 Å². The van der Waals surface area contributed by atoms with Gasteiger partial charge in [0.05, 0.1) is 0 Å². The van der Waals surface area contributed by atoms with Crippen LogP contribution in [-0.4, -0.2) is 35.9 Å². The van der Waals surface area contributed by atoms with E-state index in [1.807, 2.05) is 0 Å². The zero-order valence-corrected chi connectivity index (χ0v) is 21.3. The number of para-hydroxylation sites is 2. The van der Waals surface area contributed by atoms with Crippen LogP contribution < -0.4 is 67.5 Å². The molecule has 2 N–H and O–H groups in total. The maximum Gasteiger partial charge on any atom is 1.00 e. The van der Waals surface area contributed by atoms with Gasteiger partial charge in [-0.15, -0.1) is 0 Å². The molecule has 0 saturated heterocycles. The summed E-state index contributed by atoms with van der Waals surface area (Å²) >= 11 is 0. The van der Waals surface area contributed by atoms with Crippen molar-refractivity contribution in [3.63, 3.8) is 0 Å². The number of aromatic amines is 2. The molecular formula is C16H10N2Na2O8S2. The molecule has 10 nitrogen and oxygen atoms in total. The number of benzene rings is 2. The van der Waals surface area contributed by atoms with Crippen molar-refractivity contribution in [3.05, 3.63) is 48.5 Å². The molecule has 0 unspecified atom stereocenters. The first-order valence-electron chi connectivity index (χ1n) is 7.65. The van der Waals surface area contributed by atoms with Crippen LogP contribution in [0.1, 0.15) is 0 Å². The molecule has 4 aromatic rings. The third-order valence-electron chi connectivity index (χ3n) is 3.94. The Bertz CT molecular complexity index is 1320. The molecule has 4 rings (SSSR count). The van der Waals surface area contributed by atoms with Gasteiger partial charge in [-0.1, -0.05) is 24.3 Å². The number of hydrogen-bond acceptors (Lipinski definition) is 8. The predicted molar refractivity (Wildman–Crippen MR) is 96.2 cm³/mol. The number of nitrogens with one attached hydrogen (secondary N) is 2. The van der Waals surface area contributed by atoms with E-state index in [4.69, 9.17) is 0 Å². The van der Waals surface area contributed by atoms with Crippen molar-refractivity contribution < 1.29 is 93.4 Å². The second-order valence-electron chi connectivity index (χ2n) is 5.73. The van der Waals surface area contributed by atoms with Gasteiger partial charge in [-0.2, -0.15) is 0 Å².